The number of methoxy groups -OCH3 is 1. The predicted molar refractivity (Wildman–Crippen MR) is 104 cm³/mol. The first-order valence-corrected chi connectivity index (χ1v) is 9.50. The van der Waals surface area contributed by atoms with Crippen LogP contribution in [0.1, 0.15) is 37.7 Å². The first-order valence-electron chi connectivity index (χ1n) is 9.50. The highest BCUT2D eigenvalue weighted by molar-refractivity contribution is 5.75. The van der Waals surface area contributed by atoms with Crippen molar-refractivity contribution < 1.29 is 9.84 Å². The maximum Gasteiger partial charge on any atom is 0.128 e. The van der Waals surface area contributed by atoms with Crippen molar-refractivity contribution in [3.8, 4) is 28.8 Å². The van der Waals surface area contributed by atoms with Crippen LogP contribution in [0.15, 0.2) is 42.9 Å². The van der Waals surface area contributed by atoms with E-state index in [9.17, 15) is 10.4 Å². The highest BCUT2D eigenvalue weighted by Gasteiger charge is 2.31. The van der Waals surface area contributed by atoms with Crippen molar-refractivity contribution >= 4 is 0 Å². The Morgan fingerprint density at radius 3 is 2.79 bits per heavy atom. The highest BCUT2D eigenvalue weighted by atomic mass is 16.5. The van der Waals surface area contributed by atoms with E-state index in [-0.39, 0.29) is 0 Å². The van der Waals surface area contributed by atoms with Crippen LogP contribution < -0.4 is 4.74 Å². The summed E-state index contributed by atoms with van der Waals surface area (Å²) < 4.78 is 9.04. The highest BCUT2D eigenvalue weighted by Crippen LogP contribution is 2.35. The molecule has 0 radical (unpaired) electrons. The fourth-order valence-corrected chi connectivity index (χ4v) is 3.89. The molecular weight excluding hydrogens is 354 g/mol. The molecule has 0 bridgehead atoms. The van der Waals surface area contributed by atoms with Crippen molar-refractivity contribution in [2.24, 2.45) is 0 Å². The van der Waals surface area contributed by atoms with Gasteiger partial charge in [0, 0.05) is 18.0 Å². The van der Waals surface area contributed by atoms with Gasteiger partial charge < -0.3 is 9.84 Å². The first-order chi connectivity index (χ1) is 13.6. The third-order valence-corrected chi connectivity index (χ3v) is 5.32. The lowest BCUT2D eigenvalue weighted by Crippen LogP contribution is -2.36. The number of aliphatic hydroxyl groups is 1. The molecule has 3 aromatic rings. The summed E-state index contributed by atoms with van der Waals surface area (Å²) in [4.78, 5) is 0. The van der Waals surface area contributed by atoms with E-state index in [0.717, 1.165) is 36.9 Å². The second-order valence-corrected chi connectivity index (χ2v) is 7.32. The van der Waals surface area contributed by atoms with E-state index in [1.807, 2.05) is 18.5 Å². The van der Waals surface area contributed by atoms with E-state index >= 15 is 0 Å². The molecule has 2 heterocycles. The molecule has 7 heteroatoms. The monoisotopic (exact) mass is 377 g/mol. The van der Waals surface area contributed by atoms with E-state index in [2.05, 4.69) is 11.2 Å². The van der Waals surface area contributed by atoms with Gasteiger partial charge in [0.05, 0.1) is 37.1 Å². The molecule has 0 saturated heterocycles. The van der Waals surface area contributed by atoms with Gasteiger partial charge in [-0.3, -0.25) is 4.68 Å². The molecule has 1 aliphatic rings. The molecule has 0 aliphatic heterocycles. The van der Waals surface area contributed by atoms with E-state index in [0.29, 0.717) is 23.6 Å². The fraction of sp³-hybridized carbons (Fsp3) is 0.381. The third kappa shape index (κ3) is 3.51. The molecule has 0 atom stereocenters. The van der Waals surface area contributed by atoms with E-state index in [1.165, 1.54) is 6.42 Å². The zero-order valence-electron chi connectivity index (χ0n) is 15.9. The Balaban J connectivity index is 1.80. The van der Waals surface area contributed by atoms with Crippen LogP contribution in [0.25, 0.3) is 16.9 Å². The van der Waals surface area contributed by atoms with Crippen molar-refractivity contribution in [1.82, 2.24) is 19.6 Å². The summed E-state index contributed by atoms with van der Waals surface area (Å²) in [5.74, 6) is 0.633. The number of hydrogen-bond donors (Lipinski definition) is 1. The van der Waals surface area contributed by atoms with Gasteiger partial charge in [0.1, 0.15) is 17.1 Å². The fourth-order valence-electron chi connectivity index (χ4n) is 3.89. The Morgan fingerprint density at radius 2 is 2.11 bits per heavy atom. The average Bonchev–Trinajstić information content (AvgIpc) is 3.37. The van der Waals surface area contributed by atoms with Crippen molar-refractivity contribution in [3.63, 3.8) is 0 Å². The average molecular weight is 377 g/mol. The Bertz CT molecular complexity index is 994. The van der Waals surface area contributed by atoms with Crippen LogP contribution in [0.3, 0.4) is 0 Å². The molecule has 1 aliphatic carbocycles. The van der Waals surface area contributed by atoms with Gasteiger partial charge in [0.2, 0.25) is 0 Å². The molecule has 2 aromatic heterocycles. The maximum absolute atomic E-state index is 11.0. The molecule has 1 N–H and O–H groups in total. The van der Waals surface area contributed by atoms with Crippen LogP contribution in [0.5, 0.6) is 5.75 Å². The smallest absolute Gasteiger partial charge is 0.128 e. The second kappa shape index (κ2) is 7.49. The lowest BCUT2D eigenvalue weighted by molar-refractivity contribution is -0.0142. The van der Waals surface area contributed by atoms with Gasteiger partial charge >= 0.3 is 0 Å². The van der Waals surface area contributed by atoms with Gasteiger partial charge in [-0.15, -0.1) is 0 Å². The summed E-state index contributed by atoms with van der Waals surface area (Å²) in [6, 6.07) is 9.28. The van der Waals surface area contributed by atoms with Gasteiger partial charge in [-0.25, -0.2) is 4.68 Å². The summed E-state index contributed by atoms with van der Waals surface area (Å²) >= 11 is 0. The Hall–Kier alpha value is -3.11. The van der Waals surface area contributed by atoms with E-state index in [4.69, 9.17) is 9.84 Å². The van der Waals surface area contributed by atoms with Gasteiger partial charge in [0.15, 0.2) is 0 Å². The Morgan fingerprint density at radius 1 is 1.29 bits per heavy atom. The summed E-state index contributed by atoms with van der Waals surface area (Å²) in [5, 5.41) is 29.4. The molecule has 0 spiro atoms. The SMILES string of the molecule is COc1ccc(C#N)cc1-c1nn(CC2(O)CCCCC2)cc1-n1cccn1. The zero-order chi connectivity index (χ0) is 19.6. The summed E-state index contributed by atoms with van der Waals surface area (Å²) in [6.07, 6.45) is 10.3. The van der Waals surface area contributed by atoms with Gasteiger partial charge in [-0.05, 0) is 37.1 Å². The summed E-state index contributed by atoms with van der Waals surface area (Å²) in [7, 11) is 1.60. The standard InChI is InChI=1S/C21H23N5O2/c1-28-19-7-6-16(13-22)12-17(19)20-18(26-11-5-10-23-26)14-25(24-20)15-21(27)8-3-2-4-9-21/h5-7,10-12,14,27H,2-4,8-9,15H2,1H3. The number of aromatic nitrogens is 4. The maximum atomic E-state index is 11.0. The van der Waals surface area contributed by atoms with Crippen LogP contribution in [0, 0.1) is 11.3 Å². The van der Waals surface area contributed by atoms with Gasteiger partial charge in [0.25, 0.3) is 0 Å². The zero-order valence-corrected chi connectivity index (χ0v) is 15.9. The summed E-state index contributed by atoms with van der Waals surface area (Å²) in [6.45, 7) is 0.432. The molecule has 1 aromatic carbocycles. The van der Waals surface area contributed by atoms with E-state index < -0.39 is 5.60 Å². The molecular formula is C21H23N5O2. The van der Waals surface area contributed by atoms with Crippen LogP contribution in [0.4, 0.5) is 0 Å². The van der Waals surface area contributed by atoms with Gasteiger partial charge in [-0.1, -0.05) is 19.3 Å². The van der Waals surface area contributed by atoms with Crippen molar-refractivity contribution in [2.45, 2.75) is 44.2 Å². The number of benzene rings is 1. The second-order valence-electron chi connectivity index (χ2n) is 7.32. The third-order valence-electron chi connectivity index (χ3n) is 5.32. The lowest BCUT2D eigenvalue weighted by Gasteiger charge is -2.31. The minimum atomic E-state index is -0.735. The molecule has 0 unspecified atom stereocenters. The Labute approximate surface area is 163 Å². The molecule has 1 fully saturated rings. The summed E-state index contributed by atoms with van der Waals surface area (Å²) in [5.41, 5.74) is 1.96. The molecule has 4 rings (SSSR count). The number of nitriles is 1. The first kappa shape index (κ1) is 18.3. The number of rotatable bonds is 5. The number of nitrogens with zero attached hydrogens (tertiary/aromatic N) is 5. The van der Waals surface area contributed by atoms with Crippen LogP contribution in [-0.4, -0.2) is 37.4 Å². The van der Waals surface area contributed by atoms with Gasteiger partial charge in [-0.2, -0.15) is 15.5 Å². The van der Waals surface area contributed by atoms with E-state index in [1.54, 1.807) is 40.9 Å². The molecule has 0 amide bonds. The van der Waals surface area contributed by atoms with Crippen molar-refractivity contribution in [2.75, 3.05) is 7.11 Å². The normalized spacial score (nSPS) is 15.9. The molecule has 144 valence electrons. The molecule has 7 nitrogen and oxygen atoms in total. The quantitative estimate of drug-likeness (QED) is 0.737. The minimum Gasteiger partial charge on any atom is -0.496 e. The molecule has 28 heavy (non-hydrogen) atoms. The van der Waals surface area contributed by atoms with Crippen LogP contribution >= 0.6 is 0 Å². The molecule has 1 saturated carbocycles. The van der Waals surface area contributed by atoms with Crippen LogP contribution in [0.2, 0.25) is 0 Å². The topological polar surface area (TPSA) is 88.9 Å². The predicted octanol–water partition coefficient (Wildman–Crippen LogP) is 3.31. The largest absolute Gasteiger partial charge is 0.496 e. The minimum absolute atomic E-state index is 0.432. The van der Waals surface area contributed by atoms with Crippen molar-refractivity contribution in [1.29, 1.82) is 5.26 Å². The van der Waals surface area contributed by atoms with Crippen LogP contribution in [-0.2, 0) is 6.54 Å². The lowest BCUT2D eigenvalue weighted by atomic mass is 9.85. The number of ether oxygens (including phenoxy) is 1. The van der Waals surface area contributed by atoms with Crippen molar-refractivity contribution in [3.05, 3.63) is 48.4 Å². The Kier molecular flexibility index (Phi) is 4.88. The number of hydrogen-bond acceptors (Lipinski definition) is 5.